The number of hydrogen-bond acceptors (Lipinski definition) is 2. The zero-order valence-corrected chi connectivity index (χ0v) is 11.6. The van der Waals surface area contributed by atoms with Gasteiger partial charge in [-0.05, 0) is 44.0 Å². The number of carbonyl (C=O) groups excluding carboxylic acids is 1. The van der Waals surface area contributed by atoms with Crippen LogP contribution in [0.15, 0.2) is 24.3 Å². The third-order valence-electron chi connectivity index (χ3n) is 3.09. The number of hydrogen-bond donors (Lipinski definition) is 1. The van der Waals surface area contributed by atoms with Gasteiger partial charge in [0.1, 0.15) is 5.82 Å². The van der Waals surface area contributed by atoms with Crippen molar-refractivity contribution in [3.8, 4) is 0 Å². The summed E-state index contributed by atoms with van der Waals surface area (Å²) in [5.74, 6) is -0.132. The van der Waals surface area contributed by atoms with Crippen LogP contribution in [0.1, 0.15) is 38.2 Å². The number of carbonyl (C=O) groups is 1. The molecule has 0 unspecified atom stereocenters. The zero-order chi connectivity index (χ0) is 14.1. The molecule has 0 radical (unpaired) electrons. The average molecular weight is 266 g/mol. The molecule has 0 bridgehead atoms. The van der Waals surface area contributed by atoms with Crippen molar-refractivity contribution in [2.24, 2.45) is 5.73 Å². The summed E-state index contributed by atoms with van der Waals surface area (Å²) < 4.78 is 13.1. The largest absolute Gasteiger partial charge is 0.339 e. The van der Waals surface area contributed by atoms with Gasteiger partial charge in [-0.25, -0.2) is 4.39 Å². The number of amides is 1. The molecule has 3 nitrogen and oxygen atoms in total. The number of unbranched alkanes of at least 4 members (excludes halogenated alkanes) is 2. The van der Waals surface area contributed by atoms with Gasteiger partial charge in [-0.1, -0.05) is 18.6 Å². The van der Waals surface area contributed by atoms with Gasteiger partial charge in [-0.2, -0.15) is 0 Å². The Morgan fingerprint density at radius 3 is 2.74 bits per heavy atom. The first-order valence-corrected chi connectivity index (χ1v) is 6.89. The molecule has 0 saturated heterocycles. The van der Waals surface area contributed by atoms with E-state index in [1.165, 1.54) is 12.1 Å². The molecule has 1 aromatic rings. The Balaban J connectivity index is 2.46. The number of nitrogens with zero attached hydrogens (tertiary/aromatic N) is 1. The van der Waals surface area contributed by atoms with E-state index < -0.39 is 0 Å². The Kier molecular flexibility index (Phi) is 7.11. The van der Waals surface area contributed by atoms with E-state index in [2.05, 4.69) is 0 Å². The maximum Gasteiger partial charge on any atom is 0.222 e. The molecule has 4 heteroatoms. The topological polar surface area (TPSA) is 46.3 Å². The van der Waals surface area contributed by atoms with Gasteiger partial charge >= 0.3 is 0 Å². The summed E-state index contributed by atoms with van der Waals surface area (Å²) in [6, 6.07) is 6.40. The lowest BCUT2D eigenvalue weighted by atomic mass is 10.1. The van der Waals surface area contributed by atoms with Crippen LogP contribution in [0.3, 0.4) is 0 Å². The fraction of sp³-hybridized carbons (Fsp3) is 0.533. The van der Waals surface area contributed by atoms with Crippen LogP contribution in [0.5, 0.6) is 0 Å². The predicted octanol–water partition coefficient (Wildman–Crippen LogP) is 2.69. The lowest BCUT2D eigenvalue weighted by molar-refractivity contribution is -0.131. The number of rotatable bonds is 8. The van der Waals surface area contributed by atoms with Crippen molar-refractivity contribution in [2.75, 3.05) is 13.1 Å². The molecule has 0 saturated carbocycles. The Labute approximate surface area is 114 Å². The van der Waals surface area contributed by atoms with Crippen LogP contribution in [0.2, 0.25) is 0 Å². The van der Waals surface area contributed by atoms with Crippen molar-refractivity contribution in [1.82, 2.24) is 4.90 Å². The molecular weight excluding hydrogens is 243 g/mol. The summed E-state index contributed by atoms with van der Waals surface area (Å²) in [5.41, 5.74) is 6.25. The van der Waals surface area contributed by atoms with Crippen molar-refractivity contribution >= 4 is 5.91 Å². The normalized spacial score (nSPS) is 10.5. The molecule has 0 aromatic heterocycles. The van der Waals surface area contributed by atoms with E-state index in [1.54, 1.807) is 11.0 Å². The lowest BCUT2D eigenvalue weighted by Crippen LogP contribution is -2.30. The summed E-state index contributed by atoms with van der Waals surface area (Å²) in [5, 5.41) is 0. The third-order valence-corrected chi connectivity index (χ3v) is 3.09. The Hall–Kier alpha value is -1.42. The molecule has 1 amide bonds. The van der Waals surface area contributed by atoms with Gasteiger partial charge in [0.25, 0.3) is 0 Å². The second-order valence-corrected chi connectivity index (χ2v) is 4.64. The third kappa shape index (κ3) is 5.83. The van der Waals surface area contributed by atoms with Crippen molar-refractivity contribution in [2.45, 2.75) is 39.2 Å². The molecule has 1 rings (SSSR count). The molecule has 0 aliphatic rings. The van der Waals surface area contributed by atoms with Crippen LogP contribution < -0.4 is 5.73 Å². The minimum absolute atomic E-state index is 0.129. The van der Waals surface area contributed by atoms with Gasteiger partial charge in [0, 0.05) is 19.5 Å². The van der Waals surface area contributed by atoms with Gasteiger partial charge in [0.2, 0.25) is 5.91 Å². The molecule has 2 N–H and O–H groups in total. The van der Waals surface area contributed by atoms with Crippen molar-refractivity contribution in [3.05, 3.63) is 35.6 Å². The Morgan fingerprint density at radius 1 is 1.32 bits per heavy atom. The van der Waals surface area contributed by atoms with E-state index in [4.69, 9.17) is 5.73 Å². The summed E-state index contributed by atoms with van der Waals surface area (Å²) >= 11 is 0. The smallest absolute Gasteiger partial charge is 0.222 e. The fourth-order valence-electron chi connectivity index (χ4n) is 1.99. The van der Waals surface area contributed by atoms with Crippen LogP contribution in [-0.4, -0.2) is 23.9 Å². The molecule has 0 aliphatic heterocycles. The molecule has 0 atom stereocenters. The Bertz CT molecular complexity index is 395. The SMILES string of the molecule is CCN(Cc1cccc(F)c1)C(=O)CCCCCN. The van der Waals surface area contributed by atoms with Crippen LogP contribution in [0, 0.1) is 5.82 Å². The van der Waals surface area contributed by atoms with E-state index in [0.29, 0.717) is 26.1 Å². The highest BCUT2D eigenvalue weighted by Gasteiger charge is 2.11. The van der Waals surface area contributed by atoms with Crippen molar-refractivity contribution in [3.63, 3.8) is 0 Å². The molecule has 0 fully saturated rings. The molecule has 1 aromatic carbocycles. The first kappa shape index (κ1) is 15.6. The van der Waals surface area contributed by atoms with Gasteiger partial charge in [0.05, 0.1) is 0 Å². The summed E-state index contributed by atoms with van der Waals surface area (Å²) in [4.78, 5) is 13.8. The van der Waals surface area contributed by atoms with Gasteiger partial charge in [-0.15, -0.1) is 0 Å². The van der Waals surface area contributed by atoms with E-state index in [-0.39, 0.29) is 11.7 Å². The molecule has 0 spiro atoms. The van der Waals surface area contributed by atoms with Crippen LogP contribution in [-0.2, 0) is 11.3 Å². The highest BCUT2D eigenvalue weighted by atomic mass is 19.1. The van der Waals surface area contributed by atoms with Gasteiger partial charge in [0.15, 0.2) is 0 Å². The van der Waals surface area contributed by atoms with Crippen LogP contribution >= 0.6 is 0 Å². The zero-order valence-electron chi connectivity index (χ0n) is 11.6. The predicted molar refractivity (Wildman–Crippen MR) is 75.0 cm³/mol. The number of halogens is 1. The molecule has 0 heterocycles. The summed E-state index contributed by atoms with van der Waals surface area (Å²) in [6.45, 7) is 3.74. The maximum absolute atomic E-state index is 13.1. The highest BCUT2D eigenvalue weighted by Crippen LogP contribution is 2.10. The van der Waals surface area contributed by atoms with E-state index in [0.717, 1.165) is 24.8 Å². The van der Waals surface area contributed by atoms with Gasteiger partial charge in [-0.3, -0.25) is 4.79 Å². The minimum atomic E-state index is -0.260. The van der Waals surface area contributed by atoms with Crippen molar-refractivity contribution < 1.29 is 9.18 Å². The molecule has 106 valence electrons. The van der Waals surface area contributed by atoms with Gasteiger partial charge < -0.3 is 10.6 Å². The summed E-state index contributed by atoms with van der Waals surface area (Å²) in [6.07, 6.45) is 3.36. The molecular formula is C15H23FN2O. The highest BCUT2D eigenvalue weighted by molar-refractivity contribution is 5.76. The monoisotopic (exact) mass is 266 g/mol. The second-order valence-electron chi connectivity index (χ2n) is 4.64. The standard InChI is InChI=1S/C15H23FN2O/c1-2-18(15(19)9-4-3-5-10-17)12-13-7-6-8-14(16)11-13/h6-8,11H,2-5,9-10,12,17H2,1H3. The van der Waals surface area contributed by atoms with Crippen LogP contribution in [0.4, 0.5) is 4.39 Å². The van der Waals surface area contributed by atoms with E-state index >= 15 is 0 Å². The summed E-state index contributed by atoms with van der Waals surface area (Å²) in [7, 11) is 0. The van der Waals surface area contributed by atoms with Crippen molar-refractivity contribution in [1.29, 1.82) is 0 Å². The number of benzene rings is 1. The quantitative estimate of drug-likeness (QED) is 0.735. The molecule has 0 aliphatic carbocycles. The number of nitrogens with two attached hydrogens (primary N) is 1. The van der Waals surface area contributed by atoms with Crippen LogP contribution in [0.25, 0.3) is 0 Å². The first-order chi connectivity index (χ1) is 9.17. The first-order valence-electron chi connectivity index (χ1n) is 6.89. The fourth-order valence-corrected chi connectivity index (χ4v) is 1.99. The van der Waals surface area contributed by atoms with E-state index in [9.17, 15) is 9.18 Å². The molecule has 19 heavy (non-hydrogen) atoms. The maximum atomic E-state index is 13.1. The Morgan fingerprint density at radius 2 is 2.11 bits per heavy atom. The minimum Gasteiger partial charge on any atom is -0.339 e. The average Bonchev–Trinajstić information content (AvgIpc) is 2.41. The lowest BCUT2D eigenvalue weighted by Gasteiger charge is -2.21. The second kappa shape index (κ2) is 8.64. The van der Waals surface area contributed by atoms with E-state index in [1.807, 2.05) is 13.0 Å².